The zero-order chi connectivity index (χ0) is 18.2. The molecular formula is C17H14N2O5S. The molecule has 0 saturated carbocycles. The van der Waals surface area contributed by atoms with Crippen molar-refractivity contribution in [1.29, 1.82) is 0 Å². The molecule has 0 saturated heterocycles. The quantitative estimate of drug-likeness (QED) is 0.825. The lowest BCUT2D eigenvalue weighted by Gasteiger charge is -2.25. The van der Waals surface area contributed by atoms with Gasteiger partial charge in [-0.25, -0.2) is 8.42 Å². The van der Waals surface area contributed by atoms with Crippen LogP contribution in [0.25, 0.3) is 0 Å². The first-order valence-electron chi connectivity index (χ1n) is 7.33. The van der Waals surface area contributed by atoms with Crippen LogP contribution in [0.1, 0.15) is 32.3 Å². The number of fused-ring (bicyclic) bond motifs is 1. The van der Waals surface area contributed by atoms with E-state index in [1.807, 2.05) is 4.72 Å². The lowest BCUT2D eigenvalue weighted by molar-refractivity contribution is -0.123. The Bertz CT molecular complexity index is 935. The normalized spacial score (nSPS) is 15.0. The first-order chi connectivity index (χ1) is 11.8. The molecule has 0 aliphatic carbocycles. The summed E-state index contributed by atoms with van der Waals surface area (Å²) in [4.78, 5) is 38.7. The zero-order valence-corrected chi connectivity index (χ0v) is 14.0. The fourth-order valence-corrected chi connectivity index (χ4v) is 3.21. The largest absolute Gasteiger partial charge is 0.271 e. The minimum atomic E-state index is -3.86. The standard InChI is InChI=1S/C17H14N2O5S/c1-25(23,24)18-15(20)14(11-7-3-2-4-8-11)19-16(21)12-9-5-6-10-13(12)17(19)22/h2-10,14H,1H3,(H,18,20)/t14-/m0/s1. The van der Waals surface area contributed by atoms with Gasteiger partial charge in [0.2, 0.25) is 10.0 Å². The average Bonchev–Trinajstić information content (AvgIpc) is 2.80. The van der Waals surface area contributed by atoms with E-state index in [0.717, 1.165) is 11.2 Å². The van der Waals surface area contributed by atoms with Crippen LogP contribution in [0.4, 0.5) is 0 Å². The number of rotatable bonds is 4. The van der Waals surface area contributed by atoms with E-state index >= 15 is 0 Å². The van der Waals surface area contributed by atoms with Gasteiger partial charge in [0.25, 0.3) is 17.7 Å². The summed E-state index contributed by atoms with van der Waals surface area (Å²) in [6.45, 7) is 0. The summed E-state index contributed by atoms with van der Waals surface area (Å²) < 4.78 is 24.8. The summed E-state index contributed by atoms with van der Waals surface area (Å²) in [5.74, 6) is -2.25. The highest BCUT2D eigenvalue weighted by Crippen LogP contribution is 2.31. The molecule has 7 nitrogen and oxygen atoms in total. The van der Waals surface area contributed by atoms with E-state index in [1.54, 1.807) is 42.5 Å². The van der Waals surface area contributed by atoms with E-state index in [9.17, 15) is 22.8 Å². The van der Waals surface area contributed by atoms with Crippen molar-refractivity contribution in [1.82, 2.24) is 9.62 Å². The zero-order valence-electron chi connectivity index (χ0n) is 13.2. The third-order valence-corrected chi connectivity index (χ3v) is 4.31. The van der Waals surface area contributed by atoms with Gasteiger partial charge in [0.15, 0.2) is 0 Å². The molecular weight excluding hydrogens is 344 g/mol. The Morgan fingerprint density at radius 3 is 1.88 bits per heavy atom. The van der Waals surface area contributed by atoms with Gasteiger partial charge in [0, 0.05) is 0 Å². The Labute approximate surface area is 144 Å². The van der Waals surface area contributed by atoms with E-state index in [2.05, 4.69) is 0 Å². The number of imide groups is 1. The van der Waals surface area contributed by atoms with Gasteiger partial charge >= 0.3 is 0 Å². The van der Waals surface area contributed by atoms with Crippen molar-refractivity contribution < 1.29 is 22.8 Å². The highest BCUT2D eigenvalue weighted by molar-refractivity contribution is 7.89. The lowest BCUT2D eigenvalue weighted by atomic mass is 10.0. The monoisotopic (exact) mass is 358 g/mol. The molecule has 2 aromatic rings. The van der Waals surface area contributed by atoms with Gasteiger partial charge < -0.3 is 0 Å². The number of carbonyl (C=O) groups is 3. The van der Waals surface area contributed by atoms with Crippen LogP contribution < -0.4 is 4.72 Å². The Morgan fingerprint density at radius 2 is 1.40 bits per heavy atom. The second-order valence-corrected chi connectivity index (χ2v) is 7.33. The molecule has 1 N–H and O–H groups in total. The van der Waals surface area contributed by atoms with Crippen LogP contribution in [0.5, 0.6) is 0 Å². The van der Waals surface area contributed by atoms with Crippen LogP contribution >= 0.6 is 0 Å². The number of sulfonamides is 1. The van der Waals surface area contributed by atoms with Crippen molar-refractivity contribution in [3.8, 4) is 0 Å². The molecule has 0 radical (unpaired) electrons. The predicted molar refractivity (Wildman–Crippen MR) is 89.1 cm³/mol. The fourth-order valence-electron chi connectivity index (χ4n) is 2.73. The van der Waals surface area contributed by atoms with Crippen LogP contribution in [0.15, 0.2) is 54.6 Å². The summed E-state index contributed by atoms with van der Waals surface area (Å²) in [5.41, 5.74) is 0.694. The maximum atomic E-state index is 12.7. The molecule has 1 aliphatic rings. The summed E-state index contributed by atoms with van der Waals surface area (Å²) in [6.07, 6.45) is 0.829. The van der Waals surface area contributed by atoms with E-state index in [4.69, 9.17) is 0 Å². The number of carbonyl (C=O) groups excluding carboxylic acids is 3. The molecule has 0 spiro atoms. The van der Waals surface area contributed by atoms with Gasteiger partial charge in [0.05, 0.1) is 17.4 Å². The summed E-state index contributed by atoms with van der Waals surface area (Å²) in [6, 6.07) is 12.9. The Hall–Kier alpha value is -3.00. The first kappa shape index (κ1) is 16.8. The van der Waals surface area contributed by atoms with E-state index in [0.29, 0.717) is 5.56 Å². The van der Waals surface area contributed by atoms with Crippen molar-refractivity contribution in [2.75, 3.05) is 6.26 Å². The van der Waals surface area contributed by atoms with Gasteiger partial charge in [-0.3, -0.25) is 24.0 Å². The third-order valence-electron chi connectivity index (χ3n) is 3.73. The van der Waals surface area contributed by atoms with Crippen LogP contribution in [-0.2, 0) is 14.8 Å². The molecule has 0 fully saturated rings. The maximum absolute atomic E-state index is 12.7. The van der Waals surface area contributed by atoms with Gasteiger partial charge in [0.1, 0.15) is 6.04 Å². The topological polar surface area (TPSA) is 101 Å². The van der Waals surface area contributed by atoms with Crippen molar-refractivity contribution in [3.05, 3.63) is 71.3 Å². The summed E-state index contributed by atoms with van der Waals surface area (Å²) in [7, 11) is -3.86. The SMILES string of the molecule is CS(=O)(=O)NC(=O)[C@H](c1ccccc1)N1C(=O)c2ccccc2C1=O. The molecule has 3 amide bonds. The number of hydrogen-bond acceptors (Lipinski definition) is 5. The van der Waals surface area contributed by atoms with Crippen molar-refractivity contribution >= 4 is 27.7 Å². The van der Waals surface area contributed by atoms with Crippen LogP contribution in [0.3, 0.4) is 0 Å². The summed E-state index contributed by atoms with van der Waals surface area (Å²) >= 11 is 0. The maximum Gasteiger partial charge on any atom is 0.262 e. The Morgan fingerprint density at radius 1 is 0.920 bits per heavy atom. The predicted octanol–water partition coefficient (Wildman–Crippen LogP) is 1.10. The van der Waals surface area contributed by atoms with Crippen LogP contribution in [-0.4, -0.2) is 37.3 Å². The number of benzene rings is 2. The molecule has 0 aromatic heterocycles. The molecule has 1 heterocycles. The molecule has 3 rings (SSSR count). The first-order valence-corrected chi connectivity index (χ1v) is 9.22. The van der Waals surface area contributed by atoms with Gasteiger partial charge in [-0.1, -0.05) is 42.5 Å². The minimum absolute atomic E-state index is 0.181. The van der Waals surface area contributed by atoms with E-state index in [-0.39, 0.29) is 11.1 Å². The van der Waals surface area contributed by atoms with E-state index < -0.39 is 33.8 Å². The molecule has 1 atom stereocenters. The number of nitrogens with zero attached hydrogens (tertiary/aromatic N) is 1. The van der Waals surface area contributed by atoms with Gasteiger partial charge in [-0.15, -0.1) is 0 Å². The minimum Gasteiger partial charge on any atom is -0.271 e. The second kappa shape index (κ2) is 6.14. The Balaban J connectivity index is 2.09. The van der Waals surface area contributed by atoms with Crippen LogP contribution in [0.2, 0.25) is 0 Å². The van der Waals surface area contributed by atoms with E-state index in [1.165, 1.54) is 12.1 Å². The van der Waals surface area contributed by atoms with Crippen LogP contribution in [0, 0.1) is 0 Å². The molecule has 1 aliphatic heterocycles. The number of hydrogen-bond donors (Lipinski definition) is 1. The average molecular weight is 358 g/mol. The number of amides is 3. The lowest BCUT2D eigenvalue weighted by Crippen LogP contribution is -2.45. The highest BCUT2D eigenvalue weighted by atomic mass is 32.2. The van der Waals surface area contributed by atoms with Gasteiger partial charge in [-0.2, -0.15) is 0 Å². The highest BCUT2D eigenvalue weighted by Gasteiger charge is 2.43. The van der Waals surface area contributed by atoms with Crippen molar-refractivity contribution in [2.24, 2.45) is 0 Å². The fraction of sp³-hybridized carbons (Fsp3) is 0.118. The van der Waals surface area contributed by atoms with Crippen molar-refractivity contribution in [2.45, 2.75) is 6.04 Å². The second-order valence-electron chi connectivity index (χ2n) is 5.58. The molecule has 25 heavy (non-hydrogen) atoms. The Kier molecular flexibility index (Phi) is 4.13. The van der Waals surface area contributed by atoms with Gasteiger partial charge in [-0.05, 0) is 17.7 Å². The molecule has 8 heteroatoms. The van der Waals surface area contributed by atoms with Crippen molar-refractivity contribution in [3.63, 3.8) is 0 Å². The number of nitrogens with one attached hydrogen (secondary N) is 1. The molecule has 0 unspecified atom stereocenters. The smallest absolute Gasteiger partial charge is 0.262 e. The molecule has 2 aromatic carbocycles. The summed E-state index contributed by atoms with van der Waals surface area (Å²) in [5, 5.41) is 0. The third kappa shape index (κ3) is 3.16. The molecule has 128 valence electrons. The molecule has 0 bridgehead atoms.